The molecule has 2 N–H and O–H groups in total. The van der Waals surface area contributed by atoms with Crippen LogP contribution in [0.3, 0.4) is 0 Å². The first-order chi connectivity index (χ1) is 8.62. The Labute approximate surface area is 106 Å². The Kier molecular flexibility index (Phi) is 3.32. The lowest BCUT2D eigenvalue weighted by Gasteiger charge is -2.24. The minimum absolute atomic E-state index is 0.258. The van der Waals surface area contributed by atoms with Gasteiger partial charge in [0.2, 0.25) is 0 Å². The summed E-state index contributed by atoms with van der Waals surface area (Å²) in [4.78, 5) is 11.2. The zero-order valence-electron chi connectivity index (χ0n) is 10.9. The highest BCUT2D eigenvalue weighted by molar-refractivity contribution is 5.89. The molecule has 18 heavy (non-hydrogen) atoms. The van der Waals surface area contributed by atoms with Crippen molar-refractivity contribution in [1.29, 1.82) is 0 Å². The van der Waals surface area contributed by atoms with E-state index in [9.17, 15) is 4.79 Å². The van der Waals surface area contributed by atoms with Gasteiger partial charge in [-0.05, 0) is 12.1 Å². The fourth-order valence-corrected chi connectivity index (χ4v) is 1.90. The smallest absolute Gasteiger partial charge is 0.318 e. The van der Waals surface area contributed by atoms with Gasteiger partial charge >= 0.3 is 6.03 Å². The van der Waals surface area contributed by atoms with Crippen molar-refractivity contribution in [3.05, 3.63) is 18.2 Å². The first kappa shape index (κ1) is 12.5. The first-order valence-electron chi connectivity index (χ1n) is 6.13. The van der Waals surface area contributed by atoms with Crippen molar-refractivity contribution in [3.8, 4) is 11.5 Å². The van der Waals surface area contributed by atoms with Crippen molar-refractivity contribution in [1.82, 2.24) is 5.32 Å². The van der Waals surface area contributed by atoms with Gasteiger partial charge < -0.3 is 20.1 Å². The summed E-state index contributed by atoms with van der Waals surface area (Å²) in [6.07, 6.45) is 1.55. The molecule has 5 nitrogen and oxygen atoms in total. The first-order valence-corrected chi connectivity index (χ1v) is 6.13. The average Bonchev–Trinajstić information content (AvgIpc) is 2.77. The molecule has 1 aromatic rings. The highest BCUT2D eigenvalue weighted by atomic mass is 16.7. The average molecular weight is 250 g/mol. The normalized spacial score (nSPS) is 15.3. The monoisotopic (exact) mass is 250 g/mol. The highest BCUT2D eigenvalue weighted by Gasteiger charge is 2.38. The van der Waals surface area contributed by atoms with Gasteiger partial charge in [0.15, 0.2) is 11.5 Å². The molecule has 0 aromatic heterocycles. The summed E-state index contributed by atoms with van der Waals surface area (Å²) in [5.41, 5.74) is 0.680. The number of carbonyl (C=O) groups is 1. The van der Waals surface area contributed by atoms with Gasteiger partial charge in [-0.2, -0.15) is 0 Å². The van der Waals surface area contributed by atoms with Gasteiger partial charge in [0.25, 0.3) is 5.79 Å². The van der Waals surface area contributed by atoms with E-state index >= 15 is 0 Å². The van der Waals surface area contributed by atoms with Gasteiger partial charge in [0, 0.05) is 31.6 Å². The molecule has 1 aromatic carbocycles. The van der Waals surface area contributed by atoms with Crippen LogP contribution < -0.4 is 20.1 Å². The van der Waals surface area contributed by atoms with Crippen molar-refractivity contribution >= 4 is 11.7 Å². The minimum atomic E-state index is -0.562. The molecule has 98 valence electrons. The van der Waals surface area contributed by atoms with Crippen LogP contribution in [0, 0.1) is 0 Å². The predicted octanol–water partition coefficient (Wildman–Crippen LogP) is 2.73. The van der Waals surface area contributed by atoms with E-state index in [0.29, 0.717) is 11.4 Å². The van der Waals surface area contributed by atoms with E-state index in [1.165, 1.54) is 0 Å². The molecule has 1 heterocycles. The lowest BCUT2D eigenvalue weighted by molar-refractivity contribution is -0.0843. The number of amides is 2. The SMILES string of the molecule is CCC1(CC)Oc2ccc(NC(=O)NC)cc2O1. The van der Waals surface area contributed by atoms with Crippen LogP contribution in [-0.4, -0.2) is 18.9 Å². The molecule has 2 rings (SSSR count). The summed E-state index contributed by atoms with van der Waals surface area (Å²) in [6, 6.07) is 5.12. The van der Waals surface area contributed by atoms with Crippen LogP contribution in [0.2, 0.25) is 0 Å². The number of carbonyl (C=O) groups excluding carboxylic acids is 1. The lowest BCUT2D eigenvalue weighted by atomic mass is 10.1. The van der Waals surface area contributed by atoms with E-state index in [1.54, 1.807) is 19.2 Å². The van der Waals surface area contributed by atoms with E-state index in [1.807, 2.05) is 19.9 Å². The summed E-state index contributed by atoms with van der Waals surface area (Å²) in [5.74, 6) is 0.835. The molecule has 0 radical (unpaired) electrons. The maximum Gasteiger partial charge on any atom is 0.318 e. The van der Waals surface area contributed by atoms with Crippen LogP contribution in [0.4, 0.5) is 10.5 Å². The topological polar surface area (TPSA) is 59.6 Å². The Balaban J connectivity index is 2.19. The predicted molar refractivity (Wildman–Crippen MR) is 69.1 cm³/mol. The van der Waals surface area contributed by atoms with Gasteiger partial charge in [-0.1, -0.05) is 13.8 Å². The molecule has 0 saturated carbocycles. The molecule has 0 saturated heterocycles. The Hall–Kier alpha value is -1.91. The third-order valence-electron chi connectivity index (χ3n) is 3.10. The molecular weight excluding hydrogens is 232 g/mol. The number of rotatable bonds is 3. The van der Waals surface area contributed by atoms with Crippen LogP contribution in [0.15, 0.2) is 18.2 Å². The molecule has 2 amide bonds. The number of hydrogen-bond acceptors (Lipinski definition) is 3. The molecule has 0 unspecified atom stereocenters. The molecule has 1 aliphatic rings. The Morgan fingerprint density at radius 3 is 2.50 bits per heavy atom. The van der Waals surface area contributed by atoms with E-state index in [2.05, 4.69) is 10.6 Å². The number of anilines is 1. The number of fused-ring (bicyclic) bond motifs is 1. The van der Waals surface area contributed by atoms with Gasteiger partial charge in [-0.25, -0.2) is 4.79 Å². The van der Waals surface area contributed by atoms with Crippen molar-refractivity contribution in [3.63, 3.8) is 0 Å². The molecule has 0 fully saturated rings. The second-order valence-electron chi connectivity index (χ2n) is 4.19. The van der Waals surface area contributed by atoms with Crippen LogP contribution in [0.5, 0.6) is 11.5 Å². The molecule has 0 spiro atoms. The molecule has 0 aliphatic carbocycles. The molecule has 0 bridgehead atoms. The maximum atomic E-state index is 11.2. The van der Waals surface area contributed by atoms with Crippen molar-refractivity contribution in [2.45, 2.75) is 32.5 Å². The van der Waals surface area contributed by atoms with Gasteiger partial charge in [0.1, 0.15) is 0 Å². The summed E-state index contributed by atoms with van der Waals surface area (Å²) >= 11 is 0. The van der Waals surface area contributed by atoms with Gasteiger partial charge in [-0.15, -0.1) is 0 Å². The standard InChI is InChI=1S/C13H18N2O3/c1-4-13(5-2)17-10-7-6-9(8-11(10)18-13)15-12(16)14-3/h6-8H,4-5H2,1-3H3,(H2,14,15,16). The number of benzene rings is 1. The summed E-state index contributed by atoms with van der Waals surface area (Å²) in [7, 11) is 1.57. The van der Waals surface area contributed by atoms with Crippen LogP contribution in [0.25, 0.3) is 0 Å². The highest BCUT2D eigenvalue weighted by Crippen LogP contribution is 2.43. The van der Waals surface area contributed by atoms with Crippen molar-refractivity contribution in [2.75, 3.05) is 12.4 Å². The van der Waals surface area contributed by atoms with Gasteiger partial charge in [-0.3, -0.25) is 0 Å². The Morgan fingerprint density at radius 1 is 1.22 bits per heavy atom. The molecular formula is C13H18N2O3. The van der Waals surface area contributed by atoms with Crippen LogP contribution >= 0.6 is 0 Å². The Bertz CT molecular complexity index is 456. The largest absolute Gasteiger partial charge is 0.448 e. The number of urea groups is 1. The lowest BCUT2D eigenvalue weighted by Crippen LogP contribution is -2.36. The zero-order valence-corrected chi connectivity index (χ0v) is 10.9. The van der Waals surface area contributed by atoms with Crippen molar-refractivity contribution < 1.29 is 14.3 Å². The van der Waals surface area contributed by atoms with E-state index in [-0.39, 0.29) is 6.03 Å². The minimum Gasteiger partial charge on any atom is -0.448 e. The van der Waals surface area contributed by atoms with E-state index < -0.39 is 5.79 Å². The second-order valence-corrected chi connectivity index (χ2v) is 4.19. The molecule has 0 atom stereocenters. The Morgan fingerprint density at radius 2 is 1.89 bits per heavy atom. The van der Waals surface area contributed by atoms with Crippen molar-refractivity contribution in [2.24, 2.45) is 0 Å². The van der Waals surface area contributed by atoms with E-state index in [4.69, 9.17) is 9.47 Å². The zero-order chi connectivity index (χ0) is 13.2. The summed E-state index contributed by atoms with van der Waals surface area (Å²) in [5, 5.41) is 5.20. The van der Waals surface area contributed by atoms with Crippen LogP contribution in [-0.2, 0) is 0 Å². The molecule has 5 heteroatoms. The number of hydrogen-bond donors (Lipinski definition) is 2. The summed E-state index contributed by atoms with van der Waals surface area (Å²) < 4.78 is 11.7. The fourth-order valence-electron chi connectivity index (χ4n) is 1.90. The quantitative estimate of drug-likeness (QED) is 0.867. The molecule has 1 aliphatic heterocycles. The van der Waals surface area contributed by atoms with Crippen LogP contribution in [0.1, 0.15) is 26.7 Å². The third-order valence-corrected chi connectivity index (χ3v) is 3.10. The summed E-state index contributed by atoms with van der Waals surface area (Å²) in [6.45, 7) is 4.05. The fraction of sp³-hybridized carbons (Fsp3) is 0.462. The number of nitrogens with one attached hydrogen (secondary N) is 2. The van der Waals surface area contributed by atoms with E-state index in [0.717, 1.165) is 18.6 Å². The maximum absolute atomic E-state index is 11.2. The number of ether oxygens (including phenoxy) is 2. The van der Waals surface area contributed by atoms with Gasteiger partial charge in [0.05, 0.1) is 0 Å². The second kappa shape index (κ2) is 4.76. The third kappa shape index (κ3) is 2.20.